The fraction of sp³-hybridized carbons (Fsp3) is 0.250. The molecule has 0 N–H and O–H groups in total. The van der Waals surface area contributed by atoms with Crippen molar-refractivity contribution in [2.75, 3.05) is 0 Å². The number of carbonyl (C=O) groups is 1. The molecule has 2 aromatic carbocycles. The monoisotopic (exact) mass is 372 g/mol. The maximum absolute atomic E-state index is 13.3. The average molecular weight is 372 g/mol. The standard InChI is InChI=1S/C24H21FN2O/c25-20-9-11-21(12-10-20)27-22-13-19-7-4-8-23(28)24(19,15-18(22)16-26-27)14-17-5-2-1-3-6-17/h1-3,5-6,9-13,16H,4,7-8,14-15H2. The van der Waals surface area contributed by atoms with Crippen molar-refractivity contribution in [3.63, 3.8) is 0 Å². The number of hydrogen-bond donors (Lipinski definition) is 0. The van der Waals surface area contributed by atoms with Crippen molar-refractivity contribution in [3.05, 3.63) is 89.0 Å². The van der Waals surface area contributed by atoms with Crippen molar-refractivity contribution >= 4 is 11.9 Å². The van der Waals surface area contributed by atoms with Gasteiger partial charge in [0.2, 0.25) is 0 Å². The van der Waals surface area contributed by atoms with Gasteiger partial charge in [-0.1, -0.05) is 35.9 Å². The summed E-state index contributed by atoms with van der Waals surface area (Å²) in [6.45, 7) is 0. The summed E-state index contributed by atoms with van der Waals surface area (Å²) < 4.78 is 15.2. The van der Waals surface area contributed by atoms with Gasteiger partial charge >= 0.3 is 0 Å². The molecular weight excluding hydrogens is 351 g/mol. The molecule has 1 saturated carbocycles. The van der Waals surface area contributed by atoms with E-state index in [4.69, 9.17) is 0 Å². The first-order valence-electron chi connectivity index (χ1n) is 9.77. The van der Waals surface area contributed by atoms with Crippen LogP contribution in [0.1, 0.15) is 36.1 Å². The molecule has 2 aliphatic rings. The summed E-state index contributed by atoms with van der Waals surface area (Å²) in [5.41, 5.74) is 4.88. The lowest BCUT2D eigenvalue weighted by Gasteiger charge is -2.41. The molecule has 1 heterocycles. The molecule has 28 heavy (non-hydrogen) atoms. The topological polar surface area (TPSA) is 34.9 Å². The van der Waals surface area contributed by atoms with Crippen LogP contribution in [0.25, 0.3) is 11.8 Å². The van der Waals surface area contributed by atoms with Gasteiger partial charge in [0.05, 0.1) is 23.0 Å². The smallest absolute Gasteiger partial charge is 0.143 e. The highest BCUT2D eigenvalue weighted by atomic mass is 19.1. The molecule has 0 radical (unpaired) electrons. The molecule has 4 heteroatoms. The minimum atomic E-state index is -0.455. The maximum atomic E-state index is 13.3. The Bertz CT molecular complexity index is 1070. The van der Waals surface area contributed by atoms with Crippen LogP contribution in [0, 0.1) is 11.2 Å². The zero-order valence-corrected chi connectivity index (χ0v) is 15.6. The summed E-state index contributed by atoms with van der Waals surface area (Å²) in [7, 11) is 0. The Labute approximate surface area is 163 Å². The zero-order valence-electron chi connectivity index (χ0n) is 15.6. The Morgan fingerprint density at radius 3 is 2.61 bits per heavy atom. The Morgan fingerprint density at radius 2 is 1.82 bits per heavy atom. The van der Waals surface area contributed by atoms with Crippen molar-refractivity contribution < 1.29 is 9.18 Å². The largest absolute Gasteiger partial charge is 0.299 e. The zero-order chi connectivity index (χ0) is 19.1. The van der Waals surface area contributed by atoms with E-state index in [2.05, 4.69) is 23.3 Å². The van der Waals surface area contributed by atoms with Crippen LogP contribution in [0.4, 0.5) is 4.39 Å². The van der Waals surface area contributed by atoms with Gasteiger partial charge in [0.1, 0.15) is 11.6 Å². The molecule has 1 aromatic heterocycles. The van der Waals surface area contributed by atoms with Crippen molar-refractivity contribution in [2.45, 2.75) is 32.1 Å². The van der Waals surface area contributed by atoms with E-state index in [0.717, 1.165) is 36.2 Å². The number of carbonyl (C=O) groups excluding carboxylic acids is 1. The van der Waals surface area contributed by atoms with E-state index >= 15 is 0 Å². The predicted molar refractivity (Wildman–Crippen MR) is 107 cm³/mol. The van der Waals surface area contributed by atoms with Crippen LogP contribution in [0.3, 0.4) is 0 Å². The van der Waals surface area contributed by atoms with Crippen molar-refractivity contribution in [3.8, 4) is 5.69 Å². The molecule has 1 unspecified atom stereocenters. The van der Waals surface area contributed by atoms with E-state index in [1.807, 2.05) is 29.1 Å². The first-order valence-corrected chi connectivity index (χ1v) is 9.77. The molecule has 0 spiro atoms. The number of Topliss-reactive ketones (excluding diaryl/α,β-unsaturated/α-hetero) is 1. The van der Waals surface area contributed by atoms with Gasteiger partial charge in [0.15, 0.2) is 0 Å². The molecule has 0 amide bonds. The molecule has 0 aliphatic heterocycles. The fourth-order valence-corrected chi connectivity index (χ4v) is 4.70. The maximum Gasteiger partial charge on any atom is 0.143 e. The number of ketones is 1. The van der Waals surface area contributed by atoms with Crippen molar-refractivity contribution in [1.29, 1.82) is 0 Å². The molecule has 1 atom stereocenters. The first kappa shape index (κ1) is 17.1. The quantitative estimate of drug-likeness (QED) is 0.653. The van der Waals surface area contributed by atoms with Crippen LogP contribution in [0.5, 0.6) is 0 Å². The fourth-order valence-electron chi connectivity index (χ4n) is 4.70. The van der Waals surface area contributed by atoms with E-state index in [1.54, 1.807) is 12.1 Å². The summed E-state index contributed by atoms with van der Waals surface area (Å²) in [5.74, 6) is 0.0805. The number of hydrogen-bond acceptors (Lipinski definition) is 2. The number of halogens is 1. The number of rotatable bonds is 3. The first-order chi connectivity index (χ1) is 13.7. The summed E-state index contributed by atoms with van der Waals surface area (Å²) in [4.78, 5) is 13.2. The third-order valence-electron chi connectivity index (χ3n) is 6.11. The predicted octanol–water partition coefficient (Wildman–Crippen LogP) is 4.93. The minimum Gasteiger partial charge on any atom is -0.299 e. The van der Waals surface area contributed by atoms with E-state index in [0.29, 0.717) is 18.6 Å². The van der Waals surface area contributed by atoms with Gasteiger partial charge in [-0.15, -0.1) is 0 Å². The van der Waals surface area contributed by atoms with E-state index in [1.165, 1.54) is 23.3 Å². The molecule has 3 aromatic rings. The molecule has 2 aliphatic carbocycles. The highest BCUT2D eigenvalue weighted by Gasteiger charge is 2.46. The lowest BCUT2D eigenvalue weighted by Crippen LogP contribution is -2.42. The normalized spacial score (nSPS) is 21.0. The van der Waals surface area contributed by atoms with Gasteiger partial charge < -0.3 is 0 Å². The van der Waals surface area contributed by atoms with Gasteiger partial charge in [0, 0.05) is 6.42 Å². The van der Waals surface area contributed by atoms with E-state index in [-0.39, 0.29) is 5.82 Å². The lowest BCUT2D eigenvalue weighted by molar-refractivity contribution is -0.128. The molecule has 3 nitrogen and oxygen atoms in total. The third-order valence-corrected chi connectivity index (χ3v) is 6.11. The summed E-state index contributed by atoms with van der Waals surface area (Å²) >= 11 is 0. The highest BCUT2D eigenvalue weighted by molar-refractivity contribution is 5.92. The summed E-state index contributed by atoms with van der Waals surface area (Å²) in [5, 5.41) is 4.56. The Morgan fingerprint density at radius 1 is 1.04 bits per heavy atom. The van der Waals surface area contributed by atoms with Crippen molar-refractivity contribution in [2.24, 2.45) is 5.41 Å². The Balaban J connectivity index is 1.59. The van der Waals surface area contributed by atoms with Crippen LogP contribution >= 0.6 is 0 Å². The van der Waals surface area contributed by atoms with Gasteiger partial charge in [-0.3, -0.25) is 4.79 Å². The molecule has 140 valence electrons. The SMILES string of the molecule is O=C1CCCC2=Cc3c(cnn3-c3ccc(F)cc3)CC12Cc1ccccc1. The molecule has 0 saturated heterocycles. The molecule has 5 rings (SSSR count). The second-order valence-electron chi connectivity index (χ2n) is 7.81. The number of benzene rings is 2. The van der Waals surface area contributed by atoms with Crippen LogP contribution in [-0.4, -0.2) is 15.6 Å². The number of aromatic nitrogens is 2. The van der Waals surface area contributed by atoms with Gasteiger partial charge in [-0.05, 0) is 67.2 Å². The number of allylic oxidation sites excluding steroid dienone is 1. The number of nitrogens with zero attached hydrogens (tertiary/aromatic N) is 2. The summed E-state index contributed by atoms with van der Waals surface area (Å²) in [6.07, 6.45) is 7.93. The van der Waals surface area contributed by atoms with Gasteiger partial charge in [0.25, 0.3) is 0 Å². The third kappa shape index (κ3) is 2.71. The molecule has 1 fully saturated rings. The van der Waals surface area contributed by atoms with Crippen molar-refractivity contribution in [1.82, 2.24) is 9.78 Å². The average Bonchev–Trinajstić information content (AvgIpc) is 3.11. The molecule has 0 bridgehead atoms. The second kappa shape index (κ2) is 6.55. The van der Waals surface area contributed by atoms with Crippen LogP contribution < -0.4 is 0 Å². The minimum absolute atomic E-state index is 0.261. The number of fused-ring (bicyclic) bond motifs is 2. The van der Waals surface area contributed by atoms with Gasteiger partial charge in [-0.2, -0.15) is 5.10 Å². The second-order valence-corrected chi connectivity index (χ2v) is 7.81. The Kier molecular flexibility index (Phi) is 4.00. The van der Waals surface area contributed by atoms with Gasteiger partial charge in [-0.25, -0.2) is 9.07 Å². The van der Waals surface area contributed by atoms with E-state index < -0.39 is 5.41 Å². The highest BCUT2D eigenvalue weighted by Crippen LogP contribution is 2.48. The van der Waals surface area contributed by atoms with Crippen LogP contribution in [0.2, 0.25) is 0 Å². The van der Waals surface area contributed by atoms with Crippen LogP contribution in [-0.2, 0) is 17.6 Å². The molecular formula is C24H21FN2O. The Hall–Kier alpha value is -3.01. The summed E-state index contributed by atoms with van der Waals surface area (Å²) in [6, 6.07) is 16.6. The van der Waals surface area contributed by atoms with E-state index in [9.17, 15) is 9.18 Å². The lowest BCUT2D eigenvalue weighted by atomic mass is 9.61. The van der Waals surface area contributed by atoms with Crippen LogP contribution in [0.15, 0.2) is 66.4 Å².